The number of fused-ring (bicyclic) bond motifs is 2. The van der Waals surface area contributed by atoms with Gasteiger partial charge >= 0.3 is 18.3 Å². The Balaban J connectivity index is 1.32. The molecule has 6 amide bonds. The molecule has 0 bridgehead atoms. The highest BCUT2D eigenvalue weighted by Crippen LogP contribution is 2.37. The quantitative estimate of drug-likeness (QED) is 0.327. The van der Waals surface area contributed by atoms with Crippen LogP contribution in [0.5, 0.6) is 0 Å². The van der Waals surface area contributed by atoms with E-state index in [2.05, 4.69) is 10.3 Å². The van der Waals surface area contributed by atoms with Crippen LogP contribution in [-0.4, -0.2) is 110 Å². The number of amides is 6. The molecule has 0 spiro atoms. The van der Waals surface area contributed by atoms with Gasteiger partial charge in [0.2, 0.25) is 11.8 Å². The summed E-state index contributed by atoms with van der Waals surface area (Å²) < 4.78 is 46.5. The lowest BCUT2D eigenvalue weighted by Gasteiger charge is -2.45. The zero-order valence-electron chi connectivity index (χ0n) is 29.9. The Hall–Kier alpha value is -5.18. The Morgan fingerprint density at radius 3 is 2.31 bits per heavy atom. The number of ether oxygens (including phenoxy) is 1. The average molecular weight is 769 g/mol. The van der Waals surface area contributed by atoms with Crippen molar-refractivity contribution in [2.45, 2.75) is 76.0 Å². The van der Waals surface area contributed by atoms with Crippen LogP contribution in [0.15, 0.2) is 72.9 Å². The third-order valence-corrected chi connectivity index (χ3v) is 9.92. The fourth-order valence-electron chi connectivity index (χ4n) is 7.21. The van der Waals surface area contributed by atoms with Gasteiger partial charge in [-0.15, -0.1) is 0 Å². The molecule has 2 fully saturated rings. The number of halogens is 4. The van der Waals surface area contributed by atoms with Crippen LogP contribution in [0.4, 0.5) is 22.8 Å². The number of imide groups is 1. The summed E-state index contributed by atoms with van der Waals surface area (Å²) in [6, 6.07) is 15.4. The second kappa shape index (κ2) is 14.9. The van der Waals surface area contributed by atoms with E-state index in [-0.39, 0.29) is 43.8 Å². The molecule has 6 rings (SSSR count). The number of rotatable bonds is 8. The third-order valence-electron chi connectivity index (χ3n) is 9.66. The van der Waals surface area contributed by atoms with Crippen LogP contribution in [0.3, 0.4) is 0 Å². The van der Waals surface area contributed by atoms with Crippen molar-refractivity contribution in [3.8, 4) is 0 Å². The highest BCUT2D eigenvalue weighted by Gasteiger charge is 2.62. The number of pyridine rings is 1. The maximum absolute atomic E-state index is 14.6. The summed E-state index contributed by atoms with van der Waals surface area (Å²) in [5.41, 5.74) is -0.102. The molecule has 2 saturated heterocycles. The Morgan fingerprint density at radius 2 is 1.67 bits per heavy atom. The topological polar surface area (TPSA) is 132 Å². The number of nitrogens with zero attached hydrogens (tertiary/aromatic N) is 5. The molecule has 0 radical (unpaired) electrons. The summed E-state index contributed by atoms with van der Waals surface area (Å²) in [4.78, 5) is 77.9. The number of aromatic nitrogens is 1. The van der Waals surface area contributed by atoms with Gasteiger partial charge in [-0.3, -0.25) is 29.2 Å². The van der Waals surface area contributed by atoms with E-state index >= 15 is 0 Å². The predicted octanol–water partition coefficient (Wildman–Crippen LogP) is 4.77. The molecule has 4 heterocycles. The number of carbonyl (C=O) groups excluding carboxylic acids is 5. The van der Waals surface area contributed by atoms with Crippen molar-refractivity contribution in [2.75, 3.05) is 26.2 Å². The zero-order chi connectivity index (χ0) is 39.0. The van der Waals surface area contributed by atoms with Crippen molar-refractivity contribution in [3.63, 3.8) is 0 Å². The van der Waals surface area contributed by atoms with Crippen molar-refractivity contribution in [3.05, 3.63) is 100 Å². The second-order valence-electron chi connectivity index (χ2n) is 14.7. The largest absolute Gasteiger partial charge is 0.444 e. The minimum Gasteiger partial charge on any atom is -0.444 e. The first-order valence-electron chi connectivity index (χ1n) is 17.4. The summed E-state index contributed by atoms with van der Waals surface area (Å²) in [6.07, 6.45) is -4.25. The molecule has 16 heteroatoms. The Morgan fingerprint density at radius 1 is 0.981 bits per heavy atom. The number of hydrogen-bond acceptors (Lipinski definition) is 7. The van der Waals surface area contributed by atoms with Gasteiger partial charge in [-0.2, -0.15) is 13.2 Å². The first kappa shape index (κ1) is 38.5. The van der Waals surface area contributed by atoms with E-state index in [9.17, 15) is 37.1 Å². The fraction of sp³-hybridized carbons (Fsp3) is 0.421. The van der Waals surface area contributed by atoms with Crippen LogP contribution in [0, 0.1) is 0 Å². The fourth-order valence-corrected chi connectivity index (χ4v) is 7.34. The first-order valence-corrected chi connectivity index (χ1v) is 17.8. The summed E-state index contributed by atoms with van der Waals surface area (Å²) in [5.74, 6) is -2.36. The van der Waals surface area contributed by atoms with Crippen LogP contribution in [0.1, 0.15) is 43.2 Å². The van der Waals surface area contributed by atoms with Gasteiger partial charge < -0.3 is 19.9 Å². The molecular weight excluding hydrogens is 729 g/mol. The molecule has 54 heavy (non-hydrogen) atoms. The number of hydrogen-bond donors (Lipinski definition) is 1. The number of urea groups is 1. The van der Waals surface area contributed by atoms with Gasteiger partial charge in [0.25, 0.3) is 5.91 Å². The summed E-state index contributed by atoms with van der Waals surface area (Å²) >= 11 is 6.12. The van der Waals surface area contributed by atoms with Gasteiger partial charge in [0.1, 0.15) is 29.8 Å². The van der Waals surface area contributed by atoms with Gasteiger partial charge in [-0.25, -0.2) is 9.59 Å². The SMILES string of the molecule is CC(C)(C)OC(=O)N1Cc2ccccc2C[C@H]1C(=O)N[C@H](Cc1ccc(Cl)cc1)C(=O)N1CCN2C(=O)N(CC(F)(F)F)C(=O)C2(Cc2ccccn2)C1. The molecule has 1 N–H and O–H groups in total. The molecular formula is C38H40ClF3N6O6. The highest BCUT2D eigenvalue weighted by atomic mass is 35.5. The van der Waals surface area contributed by atoms with Crippen LogP contribution >= 0.6 is 11.6 Å². The maximum Gasteiger partial charge on any atom is 0.411 e. The van der Waals surface area contributed by atoms with Crippen molar-refractivity contribution in [1.82, 2.24) is 29.9 Å². The molecule has 0 aliphatic carbocycles. The Bertz CT molecular complexity index is 1920. The lowest BCUT2D eigenvalue weighted by atomic mass is 9.88. The molecule has 3 atom stereocenters. The van der Waals surface area contributed by atoms with E-state index < -0.39 is 72.3 Å². The van der Waals surface area contributed by atoms with Crippen LogP contribution in [0.2, 0.25) is 5.02 Å². The van der Waals surface area contributed by atoms with Crippen molar-refractivity contribution >= 4 is 41.4 Å². The van der Waals surface area contributed by atoms with E-state index in [1.54, 1.807) is 63.2 Å². The number of benzene rings is 2. The second-order valence-corrected chi connectivity index (χ2v) is 15.2. The first-order chi connectivity index (χ1) is 25.4. The lowest BCUT2D eigenvalue weighted by Crippen LogP contribution is -2.67. The van der Waals surface area contributed by atoms with E-state index in [0.29, 0.717) is 16.3 Å². The highest BCUT2D eigenvalue weighted by molar-refractivity contribution is 6.30. The average Bonchev–Trinajstić information content (AvgIpc) is 3.30. The van der Waals surface area contributed by atoms with Crippen molar-refractivity contribution < 1.29 is 41.9 Å². The molecule has 286 valence electrons. The van der Waals surface area contributed by atoms with Gasteiger partial charge in [0.05, 0.1) is 13.1 Å². The maximum atomic E-state index is 14.6. The van der Waals surface area contributed by atoms with Crippen molar-refractivity contribution in [2.24, 2.45) is 0 Å². The number of carbonyl (C=O) groups is 5. The van der Waals surface area contributed by atoms with E-state index in [4.69, 9.17) is 16.3 Å². The minimum absolute atomic E-state index is 0.0297. The number of alkyl halides is 3. The van der Waals surface area contributed by atoms with E-state index in [1.807, 2.05) is 24.3 Å². The van der Waals surface area contributed by atoms with Crippen LogP contribution in [-0.2, 0) is 44.9 Å². The summed E-state index contributed by atoms with van der Waals surface area (Å²) in [7, 11) is 0. The third kappa shape index (κ3) is 8.30. The smallest absolute Gasteiger partial charge is 0.411 e. The minimum atomic E-state index is -4.86. The Labute approximate surface area is 315 Å². The molecule has 0 saturated carbocycles. The van der Waals surface area contributed by atoms with Gasteiger partial charge in [-0.1, -0.05) is 54.1 Å². The van der Waals surface area contributed by atoms with E-state index in [0.717, 1.165) is 16.0 Å². The normalized spacial score (nSPS) is 20.7. The zero-order valence-corrected chi connectivity index (χ0v) is 30.7. The predicted molar refractivity (Wildman–Crippen MR) is 190 cm³/mol. The summed E-state index contributed by atoms with van der Waals surface area (Å²) in [5, 5.41) is 3.30. The molecule has 12 nitrogen and oxygen atoms in total. The molecule has 3 aliphatic heterocycles. The van der Waals surface area contributed by atoms with Crippen LogP contribution in [0.25, 0.3) is 0 Å². The molecule has 1 unspecified atom stereocenters. The molecule has 2 aromatic carbocycles. The summed E-state index contributed by atoms with van der Waals surface area (Å²) in [6.45, 7) is 2.61. The molecule has 1 aromatic heterocycles. The van der Waals surface area contributed by atoms with Gasteiger partial charge in [0, 0.05) is 49.3 Å². The standard InChI is InChI=1S/C38H40ClF3N6O6/c1-36(2,3)54-35(53)46-21-26-9-5-4-8-25(26)19-30(46)31(49)44-29(18-24-11-13-27(39)14-12-24)32(50)45-16-17-48-34(52)47(23-38(40,41)42)33(51)37(48,22-45)20-28-10-6-7-15-43-28/h4-15,29-30H,16-23H2,1-3H3,(H,44,49)/t29-,30+,37?/m1/s1. The lowest BCUT2D eigenvalue weighted by molar-refractivity contribution is -0.157. The Kier molecular flexibility index (Phi) is 10.6. The number of nitrogens with one attached hydrogen (secondary N) is 1. The number of piperazine rings is 1. The van der Waals surface area contributed by atoms with Crippen molar-refractivity contribution in [1.29, 1.82) is 0 Å². The molecule has 3 aromatic rings. The monoisotopic (exact) mass is 768 g/mol. The van der Waals surface area contributed by atoms with E-state index in [1.165, 1.54) is 16.0 Å². The van der Waals surface area contributed by atoms with Gasteiger partial charge in [0.15, 0.2) is 0 Å². The van der Waals surface area contributed by atoms with Crippen LogP contribution < -0.4 is 5.32 Å². The molecule has 3 aliphatic rings. The van der Waals surface area contributed by atoms with Gasteiger partial charge in [-0.05, 0) is 61.7 Å².